The molecule has 0 atom stereocenters. The van der Waals surface area contributed by atoms with Crippen molar-refractivity contribution < 1.29 is 13.2 Å². The summed E-state index contributed by atoms with van der Waals surface area (Å²) in [4.78, 5) is 12.9. The number of anilines is 1. The van der Waals surface area contributed by atoms with Crippen LogP contribution in [0, 0.1) is 0 Å². The minimum Gasteiger partial charge on any atom is -0.289 e. The van der Waals surface area contributed by atoms with Crippen LogP contribution in [0.25, 0.3) is 0 Å². The Bertz CT molecular complexity index is 880. The number of ketones is 1. The Morgan fingerprint density at radius 2 is 1.54 bits per heavy atom. The van der Waals surface area contributed by atoms with Crippen molar-refractivity contribution in [3.8, 4) is 0 Å². The lowest BCUT2D eigenvalue weighted by atomic mass is 9.86. The van der Waals surface area contributed by atoms with Crippen LogP contribution in [-0.4, -0.2) is 20.2 Å². The zero-order valence-electron chi connectivity index (χ0n) is 15.8. The van der Waals surface area contributed by atoms with Crippen molar-refractivity contribution >= 4 is 21.7 Å². The molecule has 5 nitrogen and oxygen atoms in total. The van der Waals surface area contributed by atoms with E-state index in [1.54, 1.807) is 50.2 Å². The predicted octanol–water partition coefficient (Wildman–Crippen LogP) is 3.87. The molecule has 140 valence electrons. The third-order valence-corrected chi connectivity index (χ3v) is 5.09. The summed E-state index contributed by atoms with van der Waals surface area (Å²) in [6.45, 7) is 9.78. The SMILES string of the molecule is CC(C)NS(=O)(=O)Nc1ccccc1C(=O)c1ccc(C(C)(C)C)cc1. The van der Waals surface area contributed by atoms with E-state index in [4.69, 9.17) is 0 Å². The molecule has 0 unspecified atom stereocenters. The van der Waals surface area contributed by atoms with Gasteiger partial charge in [-0.15, -0.1) is 0 Å². The molecule has 26 heavy (non-hydrogen) atoms. The second kappa shape index (κ2) is 7.60. The van der Waals surface area contributed by atoms with Crippen molar-refractivity contribution in [1.82, 2.24) is 4.72 Å². The van der Waals surface area contributed by atoms with Gasteiger partial charge >= 0.3 is 0 Å². The Morgan fingerprint density at radius 1 is 0.962 bits per heavy atom. The molecule has 0 saturated heterocycles. The average Bonchev–Trinajstić information content (AvgIpc) is 2.52. The number of rotatable bonds is 6. The maximum absolute atomic E-state index is 12.9. The minimum absolute atomic E-state index is 0.00235. The van der Waals surface area contributed by atoms with Gasteiger partial charge in [-0.2, -0.15) is 13.1 Å². The van der Waals surface area contributed by atoms with Gasteiger partial charge in [0.25, 0.3) is 10.2 Å². The van der Waals surface area contributed by atoms with Crippen LogP contribution in [0.2, 0.25) is 0 Å². The summed E-state index contributed by atoms with van der Waals surface area (Å²) in [7, 11) is -3.75. The molecule has 0 spiro atoms. The number of hydrogen-bond donors (Lipinski definition) is 2. The summed E-state index contributed by atoms with van der Waals surface area (Å²) in [6.07, 6.45) is 0. The van der Waals surface area contributed by atoms with E-state index < -0.39 is 10.2 Å². The Labute approximate surface area is 156 Å². The molecule has 2 aromatic rings. The fourth-order valence-corrected chi connectivity index (χ4v) is 3.68. The fraction of sp³-hybridized carbons (Fsp3) is 0.350. The molecule has 0 aliphatic rings. The van der Waals surface area contributed by atoms with Crippen molar-refractivity contribution in [3.05, 3.63) is 65.2 Å². The van der Waals surface area contributed by atoms with Crippen LogP contribution in [-0.2, 0) is 15.6 Å². The monoisotopic (exact) mass is 374 g/mol. The van der Waals surface area contributed by atoms with Crippen molar-refractivity contribution in [3.63, 3.8) is 0 Å². The van der Waals surface area contributed by atoms with Gasteiger partial charge in [0.2, 0.25) is 0 Å². The third-order valence-electron chi connectivity index (χ3n) is 3.82. The Morgan fingerprint density at radius 3 is 2.08 bits per heavy atom. The van der Waals surface area contributed by atoms with Crippen LogP contribution in [0.15, 0.2) is 48.5 Å². The first-order valence-corrected chi connectivity index (χ1v) is 10.0. The van der Waals surface area contributed by atoms with E-state index in [0.29, 0.717) is 11.1 Å². The van der Waals surface area contributed by atoms with Gasteiger partial charge in [0, 0.05) is 17.2 Å². The van der Waals surface area contributed by atoms with Gasteiger partial charge in [0.1, 0.15) is 0 Å². The van der Waals surface area contributed by atoms with Crippen LogP contribution >= 0.6 is 0 Å². The highest BCUT2D eigenvalue weighted by Gasteiger charge is 2.19. The van der Waals surface area contributed by atoms with Crippen molar-refractivity contribution in [2.24, 2.45) is 0 Å². The molecule has 0 bridgehead atoms. The molecule has 0 aromatic heterocycles. The minimum atomic E-state index is -3.75. The maximum atomic E-state index is 12.9. The molecule has 0 heterocycles. The van der Waals surface area contributed by atoms with Gasteiger partial charge in [-0.05, 0) is 37.0 Å². The Balaban J connectivity index is 2.33. The van der Waals surface area contributed by atoms with E-state index in [0.717, 1.165) is 5.56 Å². The predicted molar refractivity (Wildman–Crippen MR) is 106 cm³/mol. The molecular formula is C20H26N2O3S. The zero-order valence-corrected chi connectivity index (χ0v) is 16.6. The summed E-state index contributed by atoms with van der Waals surface area (Å²) in [5, 5.41) is 0. The molecule has 6 heteroatoms. The van der Waals surface area contributed by atoms with Crippen molar-refractivity contribution in [2.75, 3.05) is 4.72 Å². The van der Waals surface area contributed by atoms with Gasteiger partial charge in [-0.3, -0.25) is 9.52 Å². The molecule has 2 aromatic carbocycles. The molecule has 0 aliphatic carbocycles. The van der Waals surface area contributed by atoms with Crippen LogP contribution in [0.1, 0.15) is 56.1 Å². The summed E-state index contributed by atoms with van der Waals surface area (Å²) in [5.41, 5.74) is 2.21. The highest BCUT2D eigenvalue weighted by molar-refractivity contribution is 7.90. The van der Waals surface area contributed by atoms with E-state index in [2.05, 4.69) is 30.2 Å². The first-order chi connectivity index (χ1) is 12.0. The van der Waals surface area contributed by atoms with Gasteiger partial charge in [-0.25, -0.2) is 0 Å². The van der Waals surface area contributed by atoms with Gasteiger partial charge in [0.05, 0.1) is 5.69 Å². The van der Waals surface area contributed by atoms with Crippen molar-refractivity contribution in [1.29, 1.82) is 0 Å². The quantitative estimate of drug-likeness (QED) is 0.754. The topological polar surface area (TPSA) is 75.3 Å². The van der Waals surface area contributed by atoms with Crippen LogP contribution in [0.3, 0.4) is 0 Å². The number of benzene rings is 2. The van der Waals surface area contributed by atoms with Crippen molar-refractivity contribution in [2.45, 2.75) is 46.1 Å². The van der Waals surface area contributed by atoms with E-state index in [9.17, 15) is 13.2 Å². The zero-order chi connectivity index (χ0) is 19.5. The number of carbonyl (C=O) groups is 1. The molecule has 0 amide bonds. The third kappa shape index (κ3) is 5.16. The molecule has 2 rings (SSSR count). The second-order valence-corrected chi connectivity index (χ2v) is 9.03. The smallest absolute Gasteiger partial charge is 0.289 e. The molecular weight excluding hydrogens is 348 g/mol. The summed E-state index contributed by atoms with van der Waals surface area (Å²) < 4.78 is 29.2. The molecule has 0 radical (unpaired) electrons. The average molecular weight is 375 g/mol. The Hall–Kier alpha value is -2.18. The lowest BCUT2D eigenvalue weighted by molar-refractivity contribution is 0.103. The Kier molecular flexibility index (Phi) is 5.88. The molecule has 0 fully saturated rings. The summed E-state index contributed by atoms with van der Waals surface area (Å²) >= 11 is 0. The number of nitrogens with one attached hydrogen (secondary N) is 2. The summed E-state index contributed by atoms with van der Waals surface area (Å²) in [6, 6.07) is 13.8. The standard InChI is InChI=1S/C20H26N2O3S/c1-14(2)21-26(24,25)22-18-9-7-6-8-17(18)19(23)15-10-12-16(13-11-15)20(3,4)5/h6-14,21-22H,1-5H3. The first-order valence-electron chi connectivity index (χ1n) is 8.54. The fourth-order valence-electron chi connectivity index (χ4n) is 2.53. The van der Waals surface area contributed by atoms with Gasteiger partial charge in [0.15, 0.2) is 5.78 Å². The molecule has 0 aliphatic heterocycles. The molecule has 2 N–H and O–H groups in total. The van der Waals surface area contributed by atoms with E-state index in [1.165, 1.54) is 0 Å². The lowest BCUT2D eigenvalue weighted by Crippen LogP contribution is -2.35. The van der Waals surface area contributed by atoms with Gasteiger partial charge < -0.3 is 0 Å². The number of hydrogen-bond acceptors (Lipinski definition) is 3. The number of para-hydroxylation sites is 1. The van der Waals surface area contributed by atoms with E-state index in [-0.39, 0.29) is 22.9 Å². The lowest BCUT2D eigenvalue weighted by Gasteiger charge is -2.19. The normalized spacial score (nSPS) is 12.2. The van der Waals surface area contributed by atoms with Gasteiger partial charge in [-0.1, -0.05) is 57.2 Å². The highest BCUT2D eigenvalue weighted by atomic mass is 32.2. The second-order valence-electron chi connectivity index (χ2n) is 7.58. The van der Waals surface area contributed by atoms with E-state index in [1.807, 2.05) is 12.1 Å². The van der Waals surface area contributed by atoms with Crippen LogP contribution in [0.5, 0.6) is 0 Å². The first kappa shape index (κ1) is 20.1. The number of carbonyl (C=O) groups excluding carboxylic acids is 1. The highest BCUT2D eigenvalue weighted by Crippen LogP contribution is 2.24. The van der Waals surface area contributed by atoms with E-state index >= 15 is 0 Å². The van der Waals surface area contributed by atoms with Crippen LogP contribution < -0.4 is 9.44 Å². The maximum Gasteiger partial charge on any atom is 0.299 e. The van der Waals surface area contributed by atoms with Crippen LogP contribution in [0.4, 0.5) is 5.69 Å². The largest absolute Gasteiger partial charge is 0.299 e. The molecule has 0 saturated carbocycles. The summed E-state index contributed by atoms with van der Waals surface area (Å²) in [5.74, 6) is -0.228.